The molecule has 0 aliphatic rings. The lowest BCUT2D eigenvalue weighted by molar-refractivity contribution is 0.0915. The molecule has 146 valence electrons. The van der Waals surface area contributed by atoms with Crippen LogP contribution in [0.1, 0.15) is 27.8 Å². The van der Waals surface area contributed by atoms with Crippen molar-refractivity contribution in [3.63, 3.8) is 0 Å². The second kappa shape index (κ2) is 8.04. The number of benzene rings is 2. The van der Waals surface area contributed by atoms with Crippen LogP contribution < -0.4 is 5.32 Å². The Bertz CT molecular complexity index is 1020. The van der Waals surface area contributed by atoms with E-state index in [0.29, 0.717) is 0 Å². The highest BCUT2D eigenvalue weighted by atomic mass is 35.5. The topological polar surface area (TPSA) is 75.4 Å². The molecule has 0 fully saturated rings. The number of hydrogen-bond acceptors (Lipinski definition) is 4. The summed E-state index contributed by atoms with van der Waals surface area (Å²) in [6.45, 7) is 1.16. The second-order valence-corrected chi connectivity index (χ2v) is 6.37. The molecule has 0 saturated heterocycles. The normalized spacial score (nSPS) is 12.1. The van der Waals surface area contributed by atoms with Crippen LogP contribution in [0, 0.1) is 24.4 Å². The minimum Gasteiger partial charge on any atom is -0.387 e. The van der Waals surface area contributed by atoms with Crippen LogP contribution in [0.5, 0.6) is 0 Å². The number of aromatic nitrogens is 1. The van der Waals surface area contributed by atoms with Crippen molar-refractivity contribution in [2.24, 2.45) is 0 Å². The summed E-state index contributed by atoms with van der Waals surface area (Å²) >= 11 is 6.03. The largest absolute Gasteiger partial charge is 0.387 e. The molecule has 0 saturated carbocycles. The van der Waals surface area contributed by atoms with E-state index in [9.17, 15) is 23.1 Å². The average Bonchev–Trinajstić information content (AvgIpc) is 3.03. The molecule has 9 heteroatoms. The number of carbonyl (C=O) groups excluding carboxylic acids is 1. The maximum absolute atomic E-state index is 14.2. The molecule has 1 amide bonds. The Balaban J connectivity index is 1.82. The fraction of sp³-hybridized carbons (Fsp3) is 0.158. The van der Waals surface area contributed by atoms with Crippen LogP contribution in [0.4, 0.5) is 13.2 Å². The highest BCUT2D eigenvalue weighted by Gasteiger charge is 2.25. The van der Waals surface area contributed by atoms with Gasteiger partial charge in [-0.1, -0.05) is 28.9 Å². The van der Waals surface area contributed by atoms with E-state index in [1.165, 1.54) is 31.2 Å². The Morgan fingerprint density at radius 1 is 1.21 bits per heavy atom. The van der Waals surface area contributed by atoms with Gasteiger partial charge < -0.3 is 14.9 Å². The smallest absolute Gasteiger partial charge is 0.257 e. The van der Waals surface area contributed by atoms with Crippen molar-refractivity contribution in [2.75, 3.05) is 6.54 Å². The zero-order valence-corrected chi connectivity index (χ0v) is 15.2. The number of halogens is 4. The van der Waals surface area contributed by atoms with Crippen LogP contribution in [0.3, 0.4) is 0 Å². The highest BCUT2D eigenvalue weighted by Crippen LogP contribution is 2.33. The van der Waals surface area contributed by atoms with Crippen molar-refractivity contribution in [2.45, 2.75) is 13.0 Å². The Hall–Kier alpha value is -2.84. The van der Waals surface area contributed by atoms with Crippen molar-refractivity contribution in [3.05, 3.63) is 75.8 Å². The van der Waals surface area contributed by atoms with Crippen LogP contribution >= 0.6 is 11.6 Å². The van der Waals surface area contributed by atoms with E-state index in [-0.39, 0.29) is 39.7 Å². The summed E-state index contributed by atoms with van der Waals surface area (Å²) in [5, 5.41) is 16.3. The minimum atomic E-state index is -1.29. The number of aryl methyl sites for hydroxylation is 1. The maximum Gasteiger partial charge on any atom is 0.257 e. The van der Waals surface area contributed by atoms with Crippen LogP contribution in [-0.2, 0) is 0 Å². The third kappa shape index (κ3) is 3.88. The van der Waals surface area contributed by atoms with Gasteiger partial charge in [-0.15, -0.1) is 0 Å². The summed E-state index contributed by atoms with van der Waals surface area (Å²) in [5.74, 6) is -3.43. The summed E-state index contributed by atoms with van der Waals surface area (Å²) < 4.78 is 45.5. The number of hydrogen-bond donors (Lipinski definition) is 2. The van der Waals surface area contributed by atoms with E-state index in [1.807, 2.05) is 0 Å². The zero-order chi connectivity index (χ0) is 20.4. The number of nitrogens with zero attached hydrogens (tertiary/aromatic N) is 1. The summed E-state index contributed by atoms with van der Waals surface area (Å²) in [5.41, 5.74) is -0.143. The van der Waals surface area contributed by atoms with Crippen LogP contribution in [0.2, 0.25) is 5.02 Å². The maximum atomic E-state index is 14.2. The molecule has 0 aliphatic carbocycles. The van der Waals surface area contributed by atoms with Crippen LogP contribution in [0.15, 0.2) is 40.9 Å². The standard InChI is InChI=1S/C19H14ClF3N2O3/c1-9-16(18(25-28-9)17-11(20)3-2-4-13(17)22)19(27)24-8-15(26)10-5-6-12(21)14(23)7-10/h2-7,15,26H,8H2,1H3,(H,24,27)/t15-/m1/s1. The molecule has 2 N–H and O–H groups in total. The summed E-state index contributed by atoms with van der Waals surface area (Å²) in [6.07, 6.45) is -1.29. The number of aliphatic hydroxyl groups is 1. The molecule has 5 nitrogen and oxygen atoms in total. The molecular weight excluding hydrogens is 397 g/mol. The molecule has 1 aromatic heterocycles. The predicted octanol–water partition coefficient (Wildman–Crippen LogP) is 4.18. The fourth-order valence-electron chi connectivity index (χ4n) is 2.65. The van der Waals surface area contributed by atoms with Gasteiger partial charge in [-0.3, -0.25) is 4.79 Å². The molecule has 0 aliphatic heterocycles. The van der Waals surface area contributed by atoms with Crippen molar-refractivity contribution in [3.8, 4) is 11.3 Å². The Labute approximate surface area is 162 Å². The molecule has 28 heavy (non-hydrogen) atoms. The number of nitrogens with one attached hydrogen (secondary N) is 1. The molecule has 0 unspecified atom stereocenters. The van der Waals surface area contributed by atoms with E-state index < -0.39 is 29.5 Å². The van der Waals surface area contributed by atoms with E-state index in [1.54, 1.807) is 0 Å². The molecule has 1 heterocycles. The van der Waals surface area contributed by atoms with Gasteiger partial charge >= 0.3 is 0 Å². The van der Waals surface area contributed by atoms with Gasteiger partial charge in [0.05, 0.1) is 16.7 Å². The van der Waals surface area contributed by atoms with Gasteiger partial charge in [0.15, 0.2) is 11.6 Å². The minimum absolute atomic E-state index is 0.0455. The third-order valence-corrected chi connectivity index (χ3v) is 4.39. The van der Waals surface area contributed by atoms with Gasteiger partial charge in [0.25, 0.3) is 5.91 Å². The number of aliphatic hydroxyl groups excluding tert-OH is 1. The third-order valence-electron chi connectivity index (χ3n) is 4.07. The van der Waals surface area contributed by atoms with Crippen LogP contribution in [0.25, 0.3) is 11.3 Å². The molecular formula is C19H14ClF3N2O3. The number of amides is 1. The van der Waals surface area contributed by atoms with Crippen LogP contribution in [-0.4, -0.2) is 22.7 Å². The Morgan fingerprint density at radius 2 is 1.96 bits per heavy atom. The average molecular weight is 411 g/mol. The van der Waals surface area contributed by atoms with E-state index in [4.69, 9.17) is 16.1 Å². The molecule has 0 spiro atoms. The lowest BCUT2D eigenvalue weighted by Crippen LogP contribution is -2.29. The first-order valence-corrected chi connectivity index (χ1v) is 8.49. The van der Waals surface area contributed by atoms with E-state index >= 15 is 0 Å². The van der Waals surface area contributed by atoms with Gasteiger partial charge in [0.2, 0.25) is 0 Å². The molecule has 2 aromatic carbocycles. The SMILES string of the molecule is Cc1onc(-c2c(F)cccc2Cl)c1C(=O)NC[C@@H](O)c1ccc(F)c(F)c1. The molecule has 3 aromatic rings. The molecule has 1 atom stereocenters. The quantitative estimate of drug-likeness (QED) is 0.661. The zero-order valence-electron chi connectivity index (χ0n) is 14.5. The first-order valence-electron chi connectivity index (χ1n) is 8.11. The van der Waals surface area contributed by atoms with E-state index in [2.05, 4.69) is 10.5 Å². The Kier molecular flexibility index (Phi) is 5.71. The monoisotopic (exact) mass is 410 g/mol. The summed E-state index contributed by atoms with van der Waals surface area (Å²) in [6, 6.07) is 6.92. The van der Waals surface area contributed by atoms with Gasteiger partial charge in [-0.2, -0.15) is 0 Å². The molecule has 0 radical (unpaired) electrons. The summed E-state index contributed by atoms with van der Waals surface area (Å²) in [4.78, 5) is 12.6. The van der Waals surface area contributed by atoms with Gasteiger partial charge in [0, 0.05) is 6.54 Å². The van der Waals surface area contributed by atoms with Crippen molar-refractivity contribution in [1.82, 2.24) is 10.5 Å². The van der Waals surface area contributed by atoms with Gasteiger partial charge in [-0.05, 0) is 36.8 Å². The highest BCUT2D eigenvalue weighted by molar-refractivity contribution is 6.33. The van der Waals surface area contributed by atoms with Gasteiger partial charge in [-0.25, -0.2) is 13.2 Å². The van der Waals surface area contributed by atoms with Crippen molar-refractivity contribution in [1.29, 1.82) is 0 Å². The first-order chi connectivity index (χ1) is 13.3. The lowest BCUT2D eigenvalue weighted by Gasteiger charge is -2.13. The first kappa shape index (κ1) is 19.9. The predicted molar refractivity (Wildman–Crippen MR) is 95.3 cm³/mol. The fourth-order valence-corrected chi connectivity index (χ4v) is 2.90. The number of carbonyl (C=O) groups is 1. The molecule has 0 bridgehead atoms. The molecule has 3 rings (SSSR count). The Morgan fingerprint density at radius 3 is 2.64 bits per heavy atom. The van der Waals surface area contributed by atoms with Crippen molar-refractivity contribution >= 4 is 17.5 Å². The van der Waals surface area contributed by atoms with Crippen molar-refractivity contribution < 1.29 is 27.6 Å². The van der Waals surface area contributed by atoms with Gasteiger partial charge in [0.1, 0.15) is 22.8 Å². The summed E-state index contributed by atoms with van der Waals surface area (Å²) in [7, 11) is 0. The lowest BCUT2D eigenvalue weighted by atomic mass is 10.0. The van der Waals surface area contributed by atoms with E-state index in [0.717, 1.165) is 12.1 Å². The number of rotatable bonds is 5. The second-order valence-electron chi connectivity index (χ2n) is 5.96.